The molecule has 21 heavy (non-hydrogen) atoms. The fraction of sp³-hybridized carbons (Fsp3) is 0.824. The van der Waals surface area contributed by atoms with Gasteiger partial charge in [-0.15, -0.1) is 11.3 Å². The molecule has 0 atom stereocenters. The van der Waals surface area contributed by atoms with Crippen molar-refractivity contribution < 1.29 is 0 Å². The van der Waals surface area contributed by atoms with Crippen molar-refractivity contribution in [3.05, 3.63) is 15.6 Å². The van der Waals surface area contributed by atoms with Crippen LogP contribution in [0.4, 0.5) is 0 Å². The number of nitrogens with one attached hydrogen (secondary N) is 1. The molecule has 1 saturated carbocycles. The van der Waals surface area contributed by atoms with Crippen molar-refractivity contribution in [1.82, 2.24) is 15.2 Å². The molecule has 0 aromatic carbocycles. The smallest absolute Gasteiger partial charge is 0.107 e. The molecule has 118 valence electrons. The molecular weight excluding hydrogens is 278 g/mol. The van der Waals surface area contributed by atoms with Crippen molar-refractivity contribution in [1.29, 1.82) is 0 Å². The number of nitrogens with zero attached hydrogens (tertiary/aromatic N) is 2. The average molecular weight is 308 g/mol. The number of likely N-dealkylation sites (tertiary alicyclic amines) is 1. The summed E-state index contributed by atoms with van der Waals surface area (Å²) in [5.41, 5.74) is 1.33. The van der Waals surface area contributed by atoms with Gasteiger partial charge in [0, 0.05) is 17.5 Å². The Labute approximate surface area is 133 Å². The zero-order valence-electron chi connectivity index (χ0n) is 13.7. The van der Waals surface area contributed by atoms with E-state index in [1.54, 1.807) is 0 Å². The second-order valence-corrected chi connectivity index (χ2v) is 8.35. The summed E-state index contributed by atoms with van der Waals surface area (Å²) >= 11 is 1.94. The highest BCUT2D eigenvalue weighted by atomic mass is 32.1. The summed E-state index contributed by atoms with van der Waals surface area (Å²) < 4.78 is 0. The quantitative estimate of drug-likeness (QED) is 0.867. The van der Waals surface area contributed by atoms with Gasteiger partial charge >= 0.3 is 0 Å². The van der Waals surface area contributed by atoms with E-state index in [4.69, 9.17) is 4.98 Å². The standard InChI is InChI=1S/C17H29N3S/c1-12(2)17-15(10-18-14-4-5-14)21-16(19-17)11-20-8-6-13(3)7-9-20/h12-14,18H,4-11H2,1-3H3. The number of thiazole rings is 1. The van der Waals surface area contributed by atoms with Crippen LogP contribution in [0.1, 0.15) is 68.0 Å². The molecule has 1 aliphatic carbocycles. The lowest BCUT2D eigenvalue weighted by Crippen LogP contribution is -2.32. The monoisotopic (exact) mass is 307 g/mol. The van der Waals surface area contributed by atoms with Crippen LogP contribution in [0, 0.1) is 5.92 Å². The normalized spacial score (nSPS) is 21.3. The van der Waals surface area contributed by atoms with E-state index in [-0.39, 0.29) is 0 Å². The Morgan fingerprint density at radius 1 is 1.24 bits per heavy atom. The molecule has 1 aliphatic heterocycles. The molecule has 1 N–H and O–H groups in total. The predicted octanol–water partition coefficient (Wildman–Crippen LogP) is 3.75. The first-order valence-electron chi connectivity index (χ1n) is 8.56. The average Bonchev–Trinajstić information content (AvgIpc) is 3.19. The third-order valence-electron chi connectivity index (χ3n) is 4.68. The van der Waals surface area contributed by atoms with E-state index < -0.39 is 0 Å². The lowest BCUT2D eigenvalue weighted by molar-refractivity contribution is 0.185. The topological polar surface area (TPSA) is 28.2 Å². The van der Waals surface area contributed by atoms with Crippen molar-refractivity contribution >= 4 is 11.3 Å². The van der Waals surface area contributed by atoms with Crippen LogP contribution in [-0.2, 0) is 13.1 Å². The van der Waals surface area contributed by atoms with Crippen molar-refractivity contribution in [3.63, 3.8) is 0 Å². The van der Waals surface area contributed by atoms with Crippen LogP contribution >= 0.6 is 11.3 Å². The maximum Gasteiger partial charge on any atom is 0.107 e. The summed E-state index contributed by atoms with van der Waals surface area (Å²) in [5.74, 6) is 1.44. The molecule has 1 aromatic rings. The van der Waals surface area contributed by atoms with Crippen LogP contribution in [0.2, 0.25) is 0 Å². The number of rotatable bonds is 6. The number of aromatic nitrogens is 1. The van der Waals surface area contributed by atoms with Crippen LogP contribution in [0.15, 0.2) is 0 Å². The Kier molecular flexibility index (Phi) is 4.97. The maximum absolute atomic E-state index is 4.96. The molecule has 4 heteroatoms. The summed E-state index contributed by atoms with van der Waals surface area (Å²) in [6.45, 7) is 11.5. The summed E-state index contributed by atoms with van der Waals surface area (Å²) in [5, 5.41) is 4.97. The first kappa shape index (κ1) is 15.4. The summed E-state index contributed by atoms with van der Waals surface area (Å²) in [7, 11) is 0. The molecular formula is C17H29N3S. The van der Waals surface area contributed by atoms with Gasteiger partial charge in [0.2, 0.25) is 0 Å². The van der Waals surface area contributed by atoms with E-state index in [1.165, 1.54) is 54.4 Å². The molecule has 2 aliphatic rings. The summed E-state index contributed by atoms with van der Waals surface area (Å²) in [4.78, 5) is 9.01. The van der Waals surface area contributed by atoms with Crippen LogP contribution in [-0.4, -0.2) is 29.0 Å². The van der Waals surface area contributed by atoms with E-state index in [0.29, 0.717) is 5.92 Å². The maximum atomic E-state index is 4.96. The number of hydrogen-bond acceptors (Lipinski definition) is 4. The van der Waals surface area contributed by atoms with Crippen molar-refractivity contribution in [2.45, 2.75) is 71.5 Å². The van der Waals surface area contributed by atoms with Crippen LogP contribution < -0.4 is 5.32 Å². The first-order valence-corrected chi connectivity index (χ1v) is 9.37. The molecule has 0 bridgehead atoms. The van der Waals surface area contributed by atoms with Crippen molar-refractivity contribution in [2.24, 2.45) is 5.92 Å². The molecule has 2 heterocycles. The Hall–Kier alpha value is -0.450. The van der Waals surface area contributed by atoms with Gasteiger partial charge in [0.05, 0.1) is 12.2 Å². The minimum absolute atomic E-state index is 0.535. The highest BCUT2D eigenvalue weighted by Gasteiger charge is 2.23. The number of hydrogen-bond donors (Lipinski definition) is 1. The summed E-state index contributed by atoms with van der Waals surface area (Å²) in [6, 6.07) is 0.777. The molecule has 0 unspecified atom stereocenters. The molecule has 0 amide bonds. The Morgan fingerprint density at radius 2 is 1.95 bits per heavy atom. The van der Waals surface area contributed by atoms with Crippen LogP contribution in [0.25, 0.3) is 0 Å². The summed E-state index contributed by atoms with van der Waals surface area (Å²) in [6.07, 6.45) is 5.40. The van der Waals surface area contributed by atoms with Gasteiger partial charge in [-0.25, -0.2) is 4.98 Å². The predicted molar refractivity (Wildman–Crippen MR) is 89.7 cm³/mol. The van der Waals surface area contributed by atoms with Gasteiger partial charge in [0.15, 0.2) is 0 Å². The van der Waals surface area contributed by atoms with E-state index in [2.05, 4.69) is 31.0 Å². The van der Waals surface area contributed by atoms with Gasteiger partial charge in [-0.1, -0.05) is 20.8 Å². The Morgan fingerprint density at radius 3 is 2.57 bits per heavy atom. The first-order chi connectivity index (χ1) is 10.1. The molecule has 1 aromatic heterocycles. The minimum Gasteiger partial charge on any atom is -0.309 e. The van der Waals surface area contributed by atoms with E-state index in [9.17, 15) is 0 Å². The molecule has 0 spiro atoms. The lowest BCUT2D eigenvalue weighted by atomic mass is 9.99. The van der Waals surface area contributed by atoms with Gasteiger partial charge in [0.25, 0.3) is 0 Å². The fourth-order valence-electron chi connectivity index (χ4n) is 3.00. The van der Waals surface area contributed by atoms with Crippen LogP contribution in [0.3, 0.4) is 0 Å². The van der Waals surface area contributed by atoms with E-state index >= 15 is 0 Å². The molecule has 3 nitrogen and oxygen atoms in total. The molecule has 3 rings (SSSR count). The van der Waals surface area contributed by atoms with Gasteiger partial charge in [-0.3, -0.25) is 4.90 Å². The second kappa shape index (κ2) is 6.76. The zero-order chi connectivity index (χ0) is 14.8. The van der Waals surface area contributed by atoms with Gasteiger partial charge in [-0.2, -0.15) is 0 Å². The minimum atomic E-state index is 0.535. The Bertz CT molecular complexity index is 457. The van der Waals surface area contributed by atoms with Gasteiger partial charge in [-0.05, 0) is 50.6 Å². The van der Waals surface area contributed by atoms with Crippen LogP contribution in [0.5, 0.6) is 0 Å². The highest BCUT2D eigenvalue weighted by molar-refractivity contribution is 7.11. The van der Waals surface area contributed by atoms with Crippen molar-refractivity contribution in [3.8, 4) is 0 Å². The molecule has 1 saturated heterocycles. The number of piperidine rings is 1. The largest absolute Gasteiger partial charge is 0.309 e. The van der Waals surface area contributed by atoms with E-state index in [0.717, 1.165) is 25.0 Å². The Balaban J connectivity index is 1.62. The third kappa shape index (κ3) is 4.27. The third-order valence-corrected chi connectivity index (χ3v) is 5.74. The molecule has 2 fully saturated rings. The van der Waals surface area contributed by atoms with Gasteiger partial charge in [0.1, 0.15) is 5.01 Å². The fourth-order valence-corrected chi connectivity index (χ4v) is 4.21. The highest BCUT2D eigenvalue weighted by Crippen LogP contribution is 2.28. The second-order valence-electron chi connectivity index (χ2n) is 7.18. The SMILES string of the molecule is CC1CCN(Cc2nc(C(C)C)c(CNC3CC3)s2)CC1. The van der Waals surface area contributed by atoms with Gasteiger partial charge < -0.3 is 5.32 Å². The van der Waals surface area contributed by atoms with Crippen molar-refractivity contribution in [2.75, 3.05) is 13.1 Å². The van der Waals surface area contributed by atoms with E-state index in [1.807, 2.05) is 11.3 Å². The molecule has 0 radical (unpaired) electrons. The lowest BCUT2D eigenvalue weighted by Gasteiger charge is -2.29. The zero-order valence-corrected chi connectivity index (χ0v) is 14.5.